The minimum Gasteiger partial charge on any atom is -0.481 e. The maximum absolute atomic E-state index is 12.7. The molecule has 7 heteroatoms. The predicted octanol–water partition coefficient (Wildman–Crippen LogP) is 3.93. The molecule has 3 heterocycles. The third-order valence-electron chi connectivity index (χ3n) is 6.88. The van der Waals surface area contributed by atoms with Crippen LogP contribution < -0.4 is 10.1 Å². The van der Waals surface area contributed by atoms with Gasteiger partial charge in [0.15, 0.2) is 0 Å². The number of benzene rings is 1. The molecule has 2 aliphatic rings. The van der Waals surface area contributed by atoms with Gasteiger partial charge >= 0.3 is 0 Å². The summed E-state index contributed by atoms with van der Waals surface area (Å²) in [6.45, 7) is 3.13. The topological polar surface area (TPSA) is 83.1 Å². The monoisotopic (exact) mass is 419 g/mol. The molecule has 7 nitrogen and oxygen atoms in total. The van der Waals surface area contributed by atoms with Crippen molar-refractivity contribution in [3.8, 4) is 5.88 Å². The van der Waals surface area contributed by atoms with Crippen LogP contribution in [-0.2, 0) is 4.79 Å². The van der Waals surface area contributed by atoms with E-state index in [0.717, 1.165) is 48.4 Å². The Morgan fingerprint density at radius 2 is 2.13 bits per heavy atom. The summed E-state index contributed by atoms with van der Waals surface area (Å²) < 4.78 is 5.08. The van der Waals surface area contributed by atoms with Crippen molar-refractivity contribution in [2.75, 3.05) is 26.0 Å². The second kappa shape index (κ2) is 7.96. The van der Waals surface area contributed by atoms with E-state index in [0.29, 0.717) is 17.7 Å². The normalized spacial score (nSPS) is 26.0. The molecule has 2 N–H and O–H groups in total. The molecule has 1 aliphatic heterocycles. The summed E-state index contributed by atoms with van der Waals surface area (Å²) in [4.78, 5) is 27.7. The summed E-state index contributed by atoms with van der Waals surface area (Å²) in [7, 11) is 3.75. The van der Waals surface area contributed by atoms with Gasteiger partial charge in [-0.05, 0) is 75.4 Å². The van der Waals surface area contributed by atoms with Gasteiger partial charge in [0.2, 0.25) is 11.8 Å². The number of nitrogens with one attached hydrogen (secondary N) is 2. The van der Waals surface area contributed by atoms with Crippen LogP contribution in [0.4, 0.5) is 5.69 Å². The fraction of sp³-hybridized carbons (Fsp3) is 0.458. The number of imidazole rings is 1. The Labute approximate surface area is 182 Å². The molecule has 1 aliphatic carbocycles. The highest BCUT2D eigenvalue weighted by molar-refractivity contribution is 5.94. The van der Waals surface area contributed by atoms with Crippen LogP contribution in [0.2, 0.25) is 0 Å². The zero-order valence-corrected chi connectivity index (χ0v) is 18.3. The zero-order chi connectivity index (χ0) is 21.5. The van der Waals surface area contributed by atoms with Crippen LogP contribution in [0.5, 0.6) is 5.88 Å². The van der Waals surface area contributed by atoms with Crippen LogP contribution >= 0.6 is 0 Å². The maximum atomic E-state index is 12.7. The Hall–Kier alpha value is -2.93. The van der Waals surface area contributed by atoms with E-state index >= 15 is 0 Å². The molecule has 1 saturated heterocycles. The van der Waals surface area contributed by atoms with Gasteiger partial charge in [0.25, 0.3) is 0 Å². The van der Waals surface area contributed by atoms with Crippen molar-refractivity contribution < 1.29 is 9.53 Å². The van der Waals surface area contributed by atoms with Gasteiger partial charge < -0.3 is 15.0 Å². The number of ether oxygens (including phenoxy) is 1. The number of aryl methyl sites for hydroxylation is 1. The van der Waals surface area contributed by atoms with E-state index in [9.17, 15) is 4.79 Å². The molecular weight excluding hydrogens is 390 g/mol. The number of carbonyl (C=O) groups excluding carboxylic acids is 1. The number of pyridine rings is 1. The van der Waals surface area contributed by atoms with Crippen LogP contribution in [0.1, 0.15) is 36.7 Å². The minimum atomic E-state index is 0.0921. The average molecular weight is 420 g/mol. The van der Waals surface area contributed by atoms with Crippen molar-refractivity contribution in [1.82, 2.24) is 19.9 Å². The SMILES string of the molecule is COc1ccc(NC(=O)C2CC2[C@@H]2CCN(C)[C@@H](c3nc4ccc(C)cc4[nH]3)C2)cn1. The number of piperidine rings is 1. The van der Waals surface area contributed by atoms with E-state index in [4.69, 9.17) is 9.72 Å². The van der Waals surface area contributed by atoms with Crippen molar-refractivity contribution in [2.24, 2.45) is 17.8 Å². The smallest absolute Gasteiger partial charge is 0.227 e. The minimum absolute atomic E-state index is 0.0921. The molecule has 0 bridgehead atoms. The van der Waals surface area contributed by atoms with E-state index in [1.807, 2.05) is 6.07 Å². The standard InChI is InChI=1S/C24H29N5O2/c1-14-4-6-19-20(10-14)28-23(27-19)21-11-15(8-9-29(21)2)17-12-18(17)24(30)26-16-5-7-22(31-3)25-13-16/h4-7,10,13,15,17-18,21H,8-9,11-12H2,1-3H3,(H,26,30)(H,27,28)/t15-,17?,18?,21-/m1/s1. The van der Waals surface area contributed by atoms with E-state index in [1.54, 1.807) is 19.4 Å². The van der Waals surface area contributed by atoms with Gasteiger partial charge in [-0.25, -0.2) is 9.97 Å². The van der Waals surface area contributed by atoms with E-state index in [1.165, 1.54) is 5.56 Å². The summed E-state index contributed by atoms with van der Waals surface area (Å²) in [6.07, 6.45) is 4.78. The van der Waals surface area contributed by atoms with Gasteiger partial charge in [-0.2, -0.15) is 0 Å². The van der Waals surface area contributed by atoms with Gasteiger partial charge in [-0.15, -0.1) is 0 Å². The summed E-state index contributed by atoms with van der Waals surface area (Å²) in [5, 5.41) is 3.01. The van der Waals surface area contributed by atoms with E-state index in [2.05, 4.69) is 52.4 Å². The van der Waals surface area contributed by atoms with Crippen LogP contribution in [0.15, 0.2) is 36.5 Å². The summed E-state index contributed by atoms with van der Waals surface area (Å²) >= 11 is 0. The molecule has 1 amide bonds. The van der Waals surface area contributed by atoms with Gasteiger partial charge in [0.1, 0.15) is 5.82 Å². The number of hydrogen-bond acceptors (Lipinski definition) is 5. The lowest BCUT2D eigenvalue weighted by molar-refractivity contribution is -0.117. The quantitative estimate of drug-likeness (QED) is 0.655. The predicted molar refractivity (Wildman–Crippen MR) is 120 cm³/mol. The zero-order valence-electron chi connectivity index (χ0n) is 18.3. The van der Waals surface area contributed by atoms with Crippen molar-refractivity contribution in [3.05, 3.63) is 47.9 Å². The van der Waals surface area contributed by atoms with Crippen molar-refractivity contribution in [3.63, 3.8) is 0 Å². The first-order chi connectivity index (χ1) is 15.0. The molecule has 162 valence electrons. The number of H-pyrrole nitrogens is 1. The summed E-state index contributed by atoms with van der Waals surface area (Å²) in [5.74, 6) is 2.77. The Bertz CT molecular complexity index is 1090. The lowest BCUT2D eigenvalue weighted by Gasteiger charge is -2.36. The number of hydrogen-bond donors (Lipinski definition) is 2. The molecule has 31 heavy (non-hydrogen) atoms. The number of fused-ring (bicyclic) bond motifs is 1. The van der Waals surface area contributed by atoms with Gasteiger partial charge in [0, 0.05) is 12.0 Å². The fourth-order valence-electron chi connectivity index (χ4n) is 4.97. The van der Waals surface area contributed by atoms with Gasteiger partial charge in [0.05, 0.1) is 36.1 Å². The van der Waals surface area contributed by atoms with Crippen LogP contribution in [0, 0.1) is 24.7 Å². The highest BCUT2D eigenvalue weighted by atomic mass is 16.5. The Morgan fingerprint density at radius 3 is 2.90 bits per heavy atom. The highest BCUT2D eigenvalue weighted by Gasteiger charge is 2.49. The summed E-state index contributed by atoms with van der Waals surface area (Å²) in [6, 6.07) is 10.2. The first kappa shape index (κ1) is 20.0. The summed E-state index contributed by atoms with van der Waals surface area (Å²) in [5.41, 5.74) is 4.07. The molecule has 5 rings (SSSR count). The Balaban J connectivity index is 1.24. The second-order valence-electron chi connectivity index (χ2n) is 9.01. The van der Waals surface area contributed by atoms with Crippen LogP contribution in [0.3, 0.4) is 0 Å². The number of rotatable bonds is 5. The molecule has 2 aromatic heterocycles. The molecule has 4 atom stereocenters. The Morgan fingerprint density at radius 1 is 1.26 bits per heavy atom. The average Bonchev–Trinajstić information content (AvgIpc) is 3.47. The number of aromatic nitrogens is 3. The maximum Gasteiger partial charge on any atom is 0.227 e. The lowest BCUT2D eigenvalue weighted by atomic mass is 9.86. The number of amides is 1. The van der Waals surface area contributed by atoms with Crippen LogP contribution in [0.25, 0.3) is 11.0 Å². The van der Waals surface area contributed by atoms with Gasteiger partial charge in [-0.3, -0.25) is 9.69 Å². The first-order valence-electron chi connectivity index (χ1n) is 11.0. The number of carbonyl (C=O) groups is 1. The Kier molecular flexibility index (Phi) is 5.14. The first-order valence-corrected chi connectivity index (χ1v) is 11.0. The number of aromatic amines is 1. The fourth-order valence-corrected chi connectivity index (χ4v) is 4.97. The molecule has 2 unspecified atom stereocenters. The third kappa shape index (κ3) is 4.02. The van der Waals surface area contributed by atoms with Crippen molar-refractivity contribution in [1.29, 1.82) is 0 Å². The van der Waals surface area contributed by atoms with E-state index < -0.39 is 0 Å². The molecule has 0 spiro atoms. The number of methoxy groups -OCH3 is 1. The largest absolute Gasteiger partial charge is 0.481 e. The van der Waals surface area contributed by atoms with Crippen molar-refractivity contribution >= 4 is 22.6 Å². The van der Waals surface area contributed by atoms with E-state index in [-0.39, 0.29) is 17.9 Å². The number of anilines is 1. The molecule has 0 radical (unpaired) electrons. The molecule has 1 saturated carbocycles. The molecule has 1 aromatic carbocycles. The number of nitrogens with zero attached hydrogens (tertiary/aromatic N) is 3. The van der Waals surface area contributed by atoms with Gasteiger partial charge in [-0.1, -0.05) is 6.07 Å². The lowest BCUT2D eigenvalue weighted by Crippen LogP contribution is -2.35. The third-order valence-corrected chi connectivity index (χ3v) is 6.88. The molecule has 3 aromatic rings. The second-order valence-corrected chi connectivity index (χ2v) is 9.01. The molecule has 2 fully saturated rings. The van der Waals surface area contributed by atoms with Crippen LogP contribution in [-0.4, -0.2) is 46.5 Å². The number of likely N-dealkylation sites (tertiary alicyclic amines) is 1. The highest BCUT2D eigenvalue weighted by Crippen LogP contribution is 2.51. The van der Waals surface area contributed by atoms with Crippen molar-refractivity contribution in [2.45, 2.75) is 32.2 Å². The molecular formula is C24H29N5O2.